The maximum Gasteiger partial charge on any atom is 0.251 e. The molecule has 0 unspecified atom stereocenters. The fourth-order valence-electron chi connectivity index (χ4n) is 2.11. The number of aromatic nitrogens is 1. The van der Waals surface area contributed by atoms with Crippen LogP contribution < -0.4 is 5.32 Å². The summed E-state index contributed by atoms with van der Waals surface area (Å²) in [5, 5.41) is 3.99. The van der Waals surface area contributed by atoms with E-state index < -0.39 is 0 Å². The molecule has 100 valence electrons. The largest absolute Gasteiger partial charge is 0.347 e. The van der Waals surface area contributed by atoms with E-state index in [-0.39, 0.29) is 5.91 Å². The number of rotatable bonds is 3. The third-order valence-electron chi connectivity index (χ3n) is 2.89. The van der Waals surface area contributed by atoms with Crippen molar-refractivity contribution in [1.82, 2.24) is 10.3 Å². The van der Waals surface area contributed by atoms with Crippen molar-refractivity contribution >= 4 is 17.2 Å². The van der Waals surface area contributed by atoms with Crippen LogP contribution in [0.25, 0.3) is 0 Å². The van der Waals surface area contributed by atoms with Gasteiger partial charge in [0.1, 0.15) is 0 Å². The molecule has 0 fully saturated rings. The number of benzene rings is 1. The molecule has 3 nitrogen and oxygen atoms in total. The Balaban J connectivity index is 2.07. The van der Waals surface area contributed by atoms with Gasteiger partial charge in [0.25, 0.3) is 5.91 Å². The first-order valence-corrected chi connectivity index (χ1v) is 7.07. The Morgan fingerprint density at radius 2 is 1.79 bits per heavy atom. The number of nitrogens with one attached hydrogen (secondary N) is 1. The van der Waals surface area contributed by atoms with Gasteiger partial charge >= 0.3 is 0 Å². The lowest BCUT2D eigenvalue weighted by atomic mass is 10.1. The summed E-state index contributed by atoms with van der Waals surface area (Å²) < 4.78 is 0. The van der Waals surface area contributed by atoms with Gasteiger partial charge in [0, 0.05) is 10.4 Å². The Kier molecular flexibility index (Phi) is 4.00. The summed E-state index contributed by atoms with van der Waals surface area (Å²) in [5.41, 5.74) is 3.93. The number of hydrogen-bond acceptors (Lipinski definition) is 3. The maximum atomic E-state index is 12.1. The van der Waals surface area contributed by atoms with E-state index in [4.69, 9.17) is 0 Å². The molecule has 4 heteroatoms. The van der Waals surface area contributed by atoms with Crippen LogP contribution in [-0.4, -0.2) is 10.9 Å². The molecule has 1 heterocycles. The monoisotopic (exact) mass is 274 g/mol. The van der Waals surface area contributed by atoms with Crippen molar-refractivity contribution < 1.29 is 4.79 Å². The van der Waals surface area contributed by atoms with Gasteiger partial charge in [-0.15, -0.1) is 11.3 Å². The van der Waals surface area contributed by atoms with Crippen molar-refractivity contribution in [3.8, 4) is 0 Å². The highest BCUT2D eigenvalue weighted by atomic mass is 32.1. The predicted octanol–water partition coefficient (Wildman–Crippen LogP) is 3.31. The highest BCUT2D eigenvalue weighted by molar-refractivity contribution is 7.11. The van der Waals surface area contributed by atoms with Gasteiger partial charge in [-0.25, -0.2) is 4.98 Å². The van der Waals surface area contributed by atoms with Gasteiger partial charge in [-0.05, 0) is 39.8 Å². The Hall–Kier alpha value is -1.68. The summed E-state index contributed by atoms with van der Waals surface area (Å²) in [4.78, 5) is 17.6. The highest BCUT2D eigenvalue weighted by Gasteiger charge is 2.09. The Labute approximate surface area is 117 Å². The number of aryl methyl sites for hydroxylation is 4. The van der Waals surface area contributed by atoms with Crippen LogP contribution in [0.3, 0.4) is 0 Å². The van der Waals surface area contributed by atoms with Gasteiger partial charge < -0.3 is 5.32 Å². The zero-order chi connectivity index (χ0) is 14.0. The summed E-state index contributed by atoms with van der Waals surface area (Å²) in [5.74, 6) is -0.0303. The molecule has 1 N–H and O–H groups in total. The van der Waals surface area contributed by atoms with Crippen molar-refractivity contribution in [3.63, 3.8) is 0 Å². The zero-order valence-corrected chi connectivity index (χ0v) is 12.5. The number of thiazole rings is 1. The van der Waals surface area contributed by atoms with Crippen LogP contribution in [0.1, 0.15) is 37.1 Å². The van der Waals surface area contributed by atoms with Gasteiger partial charge in [0.05, 0.1) is 17.2 Å². The van der Waals surface area contributed by atoms with Crippen LogP contribution in [0.5, 0.6) is 0 Å². The third kappa shape index (κ3) is 3.41. The number of carbonyl (C=O) groups is 1. The third-order valence-corrected chi connectivity index (χ3v) is 3.97. The fraction of sp³-hybridized carbons (Fsp3) is 0.333. The predicted molar refractivity (Wildman–Crippen MR) is 78.7 cm³/mol. The van der Waals surface area contributed by atoms with Gasteiger partial charge in [0.15, 0.2) is 0 Å². The zero-order valence-electron chi connectivity index (χ0n) is 11.7. The molecule has 0 saturated carbocycles. The molecule has 0 bridgehead atoms. The average Bonchev–Trinajstić information content (AvgIpc) is 2.63. The smallest absolute Gasteiger partial charge is 0.251 e. The molecule has 0 aliphatic heterocycles. The Morgan fingerprint density at radius 3 is 2.32 bits per heavy atom. The second-order valence-corrected chi connectivity index (χ2v) is 6.09. The average molecular weight is 274 g/mol. The molecule has 0 saturated heterocycles. The summed E-state index contributed by atoms with van der Waals surface area (Å²) in [6.07, 6.45) is 0. The minimum atomic E-state index is -0.0303. The van der Waals surface area contributed by atoms with Crippen molar-refractivity contribution in [2.75, 3.05) is 0 Å². The first kappa shape index (κ1) is 13.7. The fourth-order valence-corrected chi connectivity index (χ4v) is 2.98. The topological polar surface area (TPSA) is 42.0 Å². The molecule has 2 aromatic rings. The molecular formula is C15H18N2OS. The maximum absolute atomic E-state index is 12.1. The molecule has 2 rings (SSSR count). The summed E-state index contributed by atoms with van der Waals surface area (Å²) >= 11 is 1.63. The van der Waals surface area contributed by atoms with Crippen LogP contribution in [-0.2, 0) is 6.54 Å². The standard InChI is InChI=1S/C15H18N2OS/c1-9-5-10(2)7-13(6-9)15(18)16-8-14-11(3)17-12(4)19-14/h5-7H,8H2,1-4H3,(H,16,18). The van der Waals surface area contributed by atoms with E-state index in [1.807, 2.05) is 39.8 Å². The van der Waals surface area contributed by atoms with Crippen molar-refractivity contribution in [2.24, 2.45) is 0 Å². The number of amides is 1. The van der Waals surface area contributed by atoms with Gasteiger partial charge in [0.2, 0.25) is 0 Å². The van der Waals surface area contributed by atoms with E-state index in [1.165, 1.54) is 0 Å². The Morgan fingerprint density at radius 1 is 1.16 bits per heavy atom. The molecule has 0 radical (unpaired) electrons. The molecule has 1 amide bonds. The lowest BCUT2D eigenvalue weighted by Gasteiger charge is -2.06. The van der Waals surface area contributed by atoms with Crippen molar-refractivity contribution in [3.05, 3.63) is 50.5 Å². The van der Waals surface area contributed by atoms with E-state index in [9.17, 15) is 4.79 Å². The molecule has 0 aliphatic carbocycles. The quantitative estimate of drug-likeness (QED) is 0.933. The minimum Gasteiger partial charge on any atom is -0.347 e. The second-order valence-electron chi connectivity index (χ2n) is 4.80. The Bertz CT molecular complexity index is 596. The van der Waals surface area contributed by atoms with Crippen LogP contribution in [0.4, 0.5) is 0 Å². The van der Waals surface area contributed by atoms with E-state index in [2.05, 4.69) is 16.4 Å². The molecule has 0 spiro atoms. The van der Waals surface area contributed by atoms with Gasteiger partial charge in [-0.1, -0.05) is 17.2 Å². The molecular weight excluding hydrogens is 256 g/mol. The van der Waals surface area contributed by atoms with Crippen LogP contribution in [0, 0.1) is 27.7 Å². The number of carbonyl (C=O) groups excluding carboxylic acids is 1. The molecule has 1 aromatic heterocycles. The molecule has 0 aliphatic rings. The number of hydrogen-bond donors (Lipinski definition) is 1. The first-order valence-electron chi connectivity index (χ1n) is 6.25. The van der Waals surface area contributed by atoms with Crippen LogP contribution in [0.2, 0.25) is 0 Å². The highest BCUT2D eigenvalue weighted by Crippen LogP contribution is 2.17. The first-order chi connectivity index (χ1) is 8.95. The van der Waals surface area contributed by atoms with E-state index in [1.54, 1.807) is 11.3 Å². The van der Waals surface area contributed by atoms with E-state index in [0.717, 1.165) is 32.3 Å². The van der Waals surface area contributed by atoms with Crippen molar-refractivity contribution in [2.45, 2.75) is 34.2 Å². The summed E-state index contributed by atoms with van der Waals surface area (Å²) in [6, 6.07) is 5.88. The summed E-state index contributed by atoms with van der Waals surface area (Å²) in [7, 11) is 0. The van der Waals surface area contributed by atoms with Crippen LogP contribution in [0.15, 0.2) is 18.2 Å². The minimum absolute atomic E-state index is 0.0303. The lowest BCUT2D eigenvalue weighted by molar-refractivity contribution is 0.0951. The SMILES string of the molecule is Cc1cc(C)cc(C(=O)NCc2sc(C)nc2C)c1. The van der Waals surface area contributed by atoms with Gasteiger partial charge in [-0.3, -0.25) is 4.79 Å². The van der Waals surface area contributed by atoms with Gasteiger partial charge in [-0.2, -0.15) is 0 Å². The molecule has 0 atom stereocenters. The normalized spacial score (nSPS) is 10.5. The molecule has 1 aromatic carbocycles. The van der Waals surface area contributed by atoms with E-state index >= 15 is 0 Å². The van der Waals surface area contributed by atoms with Crippen molar-refractivity contribution in [1.29, 1.82) is 0 Å². The molecule has 19 heavy (non-hydrogen) atoms. The number of nitrogens with zero attached hydrogens (tertiary/aromatic N) is 1. The van der Waals surface area contributed by atoms with E-state index in [0.29, 0.717) is 6.54 Å². The second kappa shape index (κ2) is 5.53. The lowest BCUT2D eigenvalue weighted by Crippen LogP contribution is -2.22. The van der Waals surface area contributed by atoms with Crippen LogP contribution >= 0.6 is 11.3 Å². The summed E-state index contributed by atoms with van der Waals surface area (Å²) in [6.45, 7) is 8.50.